The molecule has 1 aliphatic rings. The Morgan fingerprint density at radius 3 is 2.72 bits per heavy atom. The Morgan fingerprint density at radius 1 is 1.19 bits per heavy atom. The van der Waals surface area contributed by atoms with Crippen LogP contribution in [0.3, 0.4) is 0 Å². The molecule has 2 aromatic carbocycles. The second kappa shape index (κ2) is 9.89. The lowest BCUT2D eigenvalue weighted by Gasteiger charge is -2.32. The van der Waals surface area contributed by atoms with E-state index in [0.29, 0.717) is 24.3 Å². The van der Waals surface area contributed by atoms with Gasteiger partial charge in [0.25, 0.3) is 5.91 Å². The van der Waals surface area contributed by atoms with E-state index in [0.717, 1.165) is 5.56 Å². The van der Waals surface area contributed by atoms with Gasteiger partial charge in [0.05, 0.1) is 17.6 Å². The van der Waals surface area contributed by atoms with Crippen molar-refractivity contribution in [1.82, 2.24) is 15.2 Å². The van der Waals surface area contributed by atoms with E-state index in [1.807, 2.05) is 42.3 Å². The molecule has 32 heavy (non-hydrogen) atoms. The lowest BCUT2D eigenvalue weighted by Crippen LogP contribution is -2.51. The molecular formula is C25H26FN3O3. The Labute approximate surface area is 186 Å². The second-order valence-corrected chi connectivity index (χ2v) is 8.05. The first kappa shape index (κ1) is 21.9. The number of ether oxygens (including phenoxy) is 1. The van der Waals surface area contributed by atoms with Crippen LogP contribution in [-0.4, -0.2) is 52.2 Å². The average molecular weight is 435 g/mol. The largest absolute Gasteiger partial charge is 0.487 e. The maximum absolute atomic E-state index is 13.6. The molecule has 1 heterocycles. The van der Waals surface area contributed by atoms with Crippen molar-refractivity contribution in [3.8, 4) is 5.75 Å². The Kier molecular flexibility index (Phi) is 6.78. The van der Waals surface area contributed by atoms with Crippen molar-refractivity contribution >= 4 is 5.91 Å². The number of aliphatic hydroxyl groups excluding tert-OH is 1. The third-order valence-electron chi connectivity index (χ3n) is 5.74. The van der Waals surface area contributed by atoms with Gasteiger partial charge in [-0.15, -0.1) is 0 Å². The van der Waals surface area contributed by atoms with E-state index in [4.69, 9.17) is 4.74 Å². The maximum atomic E-state index is 13.6. The minimum Gasteiger partial charge on any atom is -0.487 e. The van der Waals surface area contributed by atoms with Gasteiger partial charge in [-0.1, -0.05) is 36.4 Å². The fourth-order valence-electron chi connectivity index (χ4n) is 4.26. The zero-order valence-corrected chi connectivity index (χ0v) is 17.8. The number of pyridine rings is 1. The lowest BCUT2D eigenvalue weighted by atomic mass is 10.1. The number of halogens is 1. The number of carbonyl (C=O) groups excluding carboxylic acids is 1. The number of nitrogens with one attached hydrogen (secondary N) is 1. The van der Waals surface area contributed by atoms with Crippen molar-refractivity contribution in [2.45, 2.75) is 37.3 Å². The van der Waals surface area contributed by atoms with Gasteiger partial charge in [-0.3, -0.25) is 14.7 Å². The van der Waals surface area contributed by atoms with Crippen molar-refractivity contribution in [2.24, 2.45) is 0 Å². The molecule has 4 rings (SSSR count). The fraction of sp³-hybridized carbons (Fsp3) is 0.280. The van der Waals surface area contributed by atoms with Crippen LogP contribution in [-0.2, 0) is 6.54 Å². The van der Waals surface area contributed by atoms with Gasteiger partial charge in [-0.2, -0.15) is 0 Å². The molecule has 0 saturated heterocycles. The zero-order valence-electron chi connectivity index (χ0n) is 17.8. The summed E-state index contributed by atoms with van der Waals surface area (Å²) in [6.07, 6.45) is 2.01. The molecule has 3 aromatic rings. The third-order valence-corrected chi connectivity index (χ3v) is 5.74. The van der Waals surface area contributed by atoms with Crippen LogP contribution >= 0.6 is 0 Å². The van der Waals surface area contributed by atoms with Gasteiger partial charge in [-0.25, -0.2) is 4.39 Å². The van der Waals surface area contributed by atoms with E-state index in [1.54, 1.807) is 30.5 Å². The molecule has 0 spiro atoms. The standard InChI is InChI=1S/C25H26FN3O3/c1-29(16-17-7-3-2-4-8-17)23-21(28-25(31)18-9-6-12-27-15-18)14-22(24(23)30)32-20-11-5-10-19(26)13-20/h2-13,15,21-24,30H,14,16H2,1H3,(H,28,31)/t21-,22-,23+,24+/m1/s1. The molecule has 0 radical (unpaired) electrons. The van der Waals surface area contributed by atoms with E-state index >= 15 is 0 Å². The average Bonchev–Trinajstić information content (AvgIpc) is 3.09. The molecule has 6 nitrogen and oxygen atoms in total. The van der Waals surface area contributed by atoms with E-state index in [9.17, 15) is 14.3 Å². The van der Waals surface area contributed by atoms with E-state index in [-0.39, 0.29) is 11.9 Å². The van der Waals surface area contributed by atoms with Crippen LogP contribution < -0.4 is 10.1 Å². The SMILES string of the molecule is CN(Cc1ccccc1)[C@@H]1[C@@H](O)[C@H](Oc2cccc(F)c2)C[C@H]1NC(=O)c1cccnc1. The summed E-state index contributed by atoms with van der Waals surface area (Å²) in [5.74, 6) is -0.327. The van der Waals surface area contributed by atoms with Crippen molar-refractivity contribution in [2.75, 3.05) is 7.05 Å². The molecule has 1 saturated carbocycles. The van der Waals surface area contributed by atoms with Gasteiger partial charge in [-0.05, 0) is 36.9 Å². The summed E-state index contributed by atoms with van der Waals surface area (Å²) in [7, 11) is 1.91. The van der Waals surface area contributed by atoms with Crippen LogP contribution in [0.5, 0.6) is 5.75 Å². The molecule has 1 amide bonds. The molecule has 1 aromatic heterocycles. The topological polar surface area (TPSA) is 74.7 Å². The Morgan fingerprint density at radius 2 is 2.00 bits per heavy atom. The predicted molar refractivity (Wildman–Crippen MR) is 119 cm³/mol. The number of carbonyl (C=O) groups is 1. The first-order valence-corrected chi connectivity index (χ1v) is 10.6. The summed E-state index contributed by atoms with van der Waals surface area (Å²) in [5, 5.41) is 14.2. The van der Waals surface area contributed by atoms with Gasteiger partial charge in [0.2, 0.25) is 0 Å². The van der Waals surface area contributed by atoms with Crippen LogP contribution in [0.2, 0.25) is 0 Å². The summed E-state index contributed by atoms with van der Waals surface area (Å²) in [4.78, 5) is 18.8. The number of rotatable bonds is 7. The fourth-order valence-corrected chi connectivity index (χ4v) is 4.26. The summed E-state index contributed by atoms with van der Waals surface area (Å²) in [6, 6.07) is 18.4. The summed E-state index contributed by atoms with van der Waals surface area (Å²) < 4.78 is 19.5. The molecule has 1 fully saturated rings. The third kappa shape index (κ3) is 5.12. The number of aliphatic hydroxyl groups is 1. The predicted octanol–water partition coefficient (Wildman–Crippen LogP) is 3.03. The van der Waals surface area contributed by atoms with Crippen molar-refractivity contribution in [3.05, 3.63) is 96.1 Å². The van der Waals surface area contributed by atoms with Gasteiger partial charge < -0.3 is 15.2 Å². The van der Waals surface area contributed by atoms with E-state index in [2.05, 4.69) is 10.3 Å². The smallest absolute Gasteiger partial charge is 0.253 e. The van der Waals surface area contributed by atoms with Crippen LogP contribution in [0.25, 0.3) is 0 Å². The number of hydrogen-bond donors (Lipinski definition) is 2. The number of benzene rings is 2. The van der Waals surface area contributed by atoms with Crippen LogP contribution in [0.15, 0.2) is 79.1 Å². The quantitative estimate of drug-likeness (QED) is 0.597. The first-order valence-electron chi connectivity index (χ1n) is 10.6. The number of likely N-dealkylation sites (N-methyl/N-ethyl adjacent to an activating group) is 1. The number of amides is 1. The molecular weight excluding hydrogens is 409 g/mol. The number of nitrogens with zero attached hydrogens (tertiary/aromatic N) is 2. The molecule has 4 atom stereocenters. The highest BCUT2D eigenvalue weighted by Gasteiger charge is 2.46. The highest BCUT2D eigenvalue weighted by Crippen LogP contribution is 2.30. The molecule has 2 N–H and O–H groups in total. The van der Waals surface area contributed by atoms with Gasteiger partial charge in [0, 0.05) is 31.4 Å². The number of hydrogen-bond acceptors (Lipinski definition) is 5. The maximum Gasteiger partial charge on any atom is 0.253 e. The second-order valence-electron chi connectivity index (χ2n) is 8.05. The summed E-state index contributed by atoms with van der Waals surface area (Å²) in [5.41, 5.74) is 1.54. The Hall–Kier alpha value is -3.29. The van der Waals surface area contributed by atoms with Crippen molar-refractivity contribution < 1.29 is 19.0 Å². The summed E-state index contributed by atoms with van der Waals surface area (Å²) in [6.45, 7) is 0.592. The Bertz CT molecular complexity index is 1030. The molecule has 0 bridgehead atoms. The lowest BCUT2D eigenvalue weighted by molar-refractivity contribution is 0.0124. The van der Waals surface area contributed by atoms with Gasteiger partial charge >= 0.3 is 0 Å². The Balaban J connectivity index is 1.54. The van der Waals surface area contributed by atoms with E-state index in [1.165, 1.54) is 18.3 Å². The van der Waals surface area contributed by atoms with Crippen LogP contribution in [0, 0.1) is 5.82 Å². The highest BCUT2D eigenvalue weighted by atomic mass is 19.1. The van der Waals surface area contributed by atoms with Gasteiger partial charge in [0.1, 0.15) is 23.8 Å². The number of aromatic nitrogens is 1. The molecule has 7 heteroatoms. The molecule has 0 unspecified atom stereocenters. The summed E-state index contributed by atoms with van der Waals surface area (Å²) >= 11 is 0. The van der Waals surface area contributed by atoms with Crippen molar-refractivity contribution in [3.63, 3.8) is 0 Å². The van der Waals surface area contributed by atoms with Crippen LogP contribution in [0.4, 0.5) is 4.39 Å². The normalized spacial score (nSPS) is 22.6. The monoisotopic (exact) mass is 435 g/mol. The first-order chi connectivity index (χ1) is 15.5. The molecule has 0 aliphatic heterocycles. The molecule has 1 aliphatic carbocycles. The minimum absolute atomic E-state index is 0.264. The minimum atomic E-state index is -0.883. The highest BCUT2D eigenvalue weighted by molar-refractivity contribution is 5.94. The van der Waals surface area contributed by atoms with Crippen molar-refractivity contribution in [1.29, 1.82) is 0 Å². The van der Waals surface area contributed by atoms with E-state index < -0.39 is 24.1 Å². The van der Waals surface area contributed by atoms with Gasteiger partial charge in [0.15, 0.2) is 0 Å². The molecule has 166 valence electrons. The zero-order chi connectivity index (χ0) is 22.5. The van der Waals surface area contributed by atoms with Crippen LogP contribution in [0.1, 0.15) is 22.3 Å².